The number of aliphatic hydroxyl groups is 2. The van der Waals surface area contributed by atoms with E-state index in [0.717, 1.165) is 0 Å². The Balaban J connectivity index is 2.41. The van der Waals surface area contributed by atoms with Crippen molar-refractivity contribution in [2.24, 2.45) is 0 Å². The fraction of sp³-hybridized carbons (Fsp3) is 0.667. The third-order valence-electron chi connectivity index (χ3n) is 2.19. The van der Waals surface area contributed by atoms with E-state index in [0.29, 0.717) is 19.3 Å². The monoisotopic (exact) mass is 185 g/mol. The van der Waals surface area contributed by atoms with Crippen LogP contribution < -0.4 is 5.32 Å². The molecule has 2 unspecified atom stereocenters. The Morgan fingerprint density at radius 3 is 2.31 bits per heavy atom. The van der Waals surface area contributed by atoms with Crippen molar-refractivity contribution in [1.29, 1.82) is 0 Å². The summed E-state index contributed by atoms with van der Waals surface area (Å²) in [6.45, 7) is 3.33. The largest absolute Gasteiger partial charge is 0.393 e. The zero-order valence-corrected chi connectivity index (χ0v) is 7.44. The Bertz CT molecular complexity index is 195. The van der Waals surface area contributed by atoms with Gasteiger partial charge in [-0.15, -0.1) is 0 Å². The van der Waals surface area contributed by atoms with Crippen LogP contribution >= 0.6 is 0 Å². The van der Waals surface area contributed by atoms with Crippen molar-refractivity contribution < 1.29 is 15.0 Å². The van der Waals surface area contributed by atoms with Crippen LogP contribution in [0.15, 0.2) is 12.7 Å². The average molecular weight is 185 g/mol. The van der Waals surface area contributed by atoms with Crippen molar-refractivity contribution >= 4 is 5.91 Å². The molecule has 1 amide bonds. The van der Waals surface area contributed by atoms with E-state index in [-0.39, 0.29) is 11.9 Å². The van der Waals surface area contributed by atoms with Crippen LogP contribution in [0.1, 0.15) is 19.3 Å². The first-order chi connectivity index (χ1) is 6.11. The van der Waals surface area contributed by atoms with Crippen LogP contribution in [-0.2, 0) is 4.79 Å². The van der Waals surface area contributed by atoms with Gasteiger partial charge < -0.3 is 15.5 Å². The highest BCUT2D eigenvalue weighted by atomic mass is 16.3. The van der Waals surface area contributed by atoms with Crippen LogP contribution in [0.5, 0.6) is 0 Å². The maximum atomic E-state index is 10.9. The van der Waals surface area contributed by atoms with E-state index in [1.54, 1.807) is 0 Å². The molecule has 0 aromatic heterocycles. The third kappa shape index (κ3) is 3.16. The number of aliphatic hydroxyl groups excluding tert-OH is 2. The highest BCUT2D eigenvalue weighted by molar-refractivity contribution is 5.87. The van der Waals surface area contributed by atoms with Gasteiger partial charge in [-0.05, 0) is 25.3 Å². The summed E-state index contributed by atoms with van der Waals surface area (Å²) in [7, 11) is 0. The van der Waals surface area contributed by atoms with E-state index in [4.69, 9.17) is 0 Å². The zero-order chi connectivity index (χ0) is 9.84. The summed E-state index contributed by atoms with van der Waals surface area (Å²) < 4.78 is 0. The van der Waals surface area contributed by atoms with Crippen molar-refractivity contribution in [1.82, 2.24) is 5.32 Å². The zero-order valence-electron chi connectivity index (χ0n) is 7.44. The van der Waals surface area contributed by atoms with E-state index in [9.17, 15) is 15.0 Å². The smallest absolute Gasteiger partial charge is 0.243 e. The number of carbonyl (C=O) groups is 1. The van der Waals surface area contributed by atoms with Crippen LogP contribution in [0, 0.1) is 0 Å². The Morgan fingerprint density at radius 2 is 1.85 bits per heavy atom. The molecule has 1 fully saturated rings. The molecule has 1 aliphatic rings. The lowest BCUT2D eigenvalue weighted by molar-refractivity contribution is -0.117. The van der Waals surface area contributed by atoms with Crippen LogP contribution in [0.4, 0.5) is 0 Å². The summed E-state index contributed by atoms with van der Waals surface area (Å²) in [4.78, 5) is 10.9. The van der Waals surface area contributed by atoms with Gasteiger partial charge in [-0.1, -0.05) is 6.58 Å². The predicted octanol–water partition coefficient (Wildman–Crippen LogP) is -0.437. The van der Waals surface area contributed by atoms with Gasteiger partial charge in [0.05, 0.1) is 12.2 Å². The molecule has 0 saturated heterocycles. The normalized spacial score (nSPS) is 33.8. The molecule has 3 N–H and O–H groups in total. The summed E-state index contributed by atoms with van der Waals surface area (Å²) in [6, 6.07) is -0.135. The van der Waals surface area contributed by atoms with E-state index in [1.165, 1.54) is 6.08 Å². The summed E-state index contributed by atoms with van der Waals surface area (Å²) in [6.07, 6.45) is 1.58. The summed E-state index contributed by atoms with van der Waals surface area (Å²) in [5.41, 5.74) is 0. The minimum atomic E-state index is -0.515. The summed E-state index contributed by atoms with van der Waals surface area (Å²) in [5.74, 6) is -0.258. The molecule has 1 saturated carbocycles. The van der Waals surface area contributed by atoms with Gasteiger partial charge in [-0.2, -0.15) is 0 Å². The van der Waals surface area contributed by atoms with Gasteiger partial charge in [0.2, 0.25) is 5.91 Å². The molecule has 4 nitrogen and oxygen atoms in total. The summed E-state index contributed by atoms with van der Waals surface area (Å²) in [5, 5.41) is 21.2. The van der Waals surface area contributed by atoms with Gasteiger partial charge in [0.25, 0.3) is 0 Å². The number of carbonyl (C=O) groups excluding carboxylic acids is 1. The minimum Gasteiger partial charge on any atom is -0.393 e. The maximum absolute atomic E-state index is 10.9. The number of amides is 1. The van der Waals surface area contributed by atoms with Crippen molar-refractivity contribution in [2.75, 3.05) is 0 Å². The van der Waals surface area contributed by atoms with Gasteiger partial charge >= 0.3 is 0 Å². The number of hydrogen-bond donors (Lipinski definition) is 3. The van der Waals surface area contributed by atoms with E-state index in [2.05, 4.69) is 11.9 Å². The lowest BCUT2D eigenvalue weighted by atomic mass is 9.90. The molecule has 0 aromatic rings. The average Bonchev–Trinajstić information content (AvgIpc) is 2.02. The second-order valence-electron chi connectivity index (χ2n) is 3.42. The molecular weight excluding hydrogens is 170 g/mol. The molecule has 4 heteroatoms. The Labute approximate surface area is 77.3 Å². The molecule has 0 spiro atoms. The molecule has 0 radical (unpaired) electrons. The lowest BCUT2D eigenvalue weighted by Gasteiger charge is -2.29. The summed E-state index contributed by atoms with van der Waals surface area (Å²) >= 11 is 0. The van der Waals surface area contributed by atoms with Gasteiger partial charge in [-0.3, -0.25) is 4.79 Å². The Hall–Kier alpha value is -0.870. The lowest BCUT2D eigenvalue weighted by Crippen LogP contribution is -2.43. The second-order valence-corrected chi connectivity index (χ2v) is 3.42. The predicted molar refractivity (Wildman–Crippen MR) is 48.0 cm³/mol. The fourth-order valence-corrected chi connectivity index (χ4v) is 1.64. The number of rotatable bonds is 2. The van der Waals surface area contributed by atoms with Crippen molar-refractivity contribution in [3.63, 3.8) is 0 Å². The van der Waals surface area contributed by atoms with Gasteiger partial charge in [0.1, 0.15) is 0 Å². The molecule has 0 bridgehead atoms. The Morgan fingerprint density at radius 1 is 1.31 bits per heavy atom. The van der Waals surface area contributed by atoms with Crippen molar-refractivity contribution in [3.05, 3.63) is 12.7 Å². The first kappa shape index (κ1) is 10.2. The molecule has 13 heavy (non-hydrogen) atoms. The highest BCUT2D eigenvalue weighted by Gasteiger charge is 2.26. The number of nitrogens with one attached hydrogen (secondary N) is 1. The maximum Gasteiger partial charge on any atom is 0.243 e. The highest BCUT2D eigenvalue weighted by Crippen LogP contribution is 2.18. The molecule has 2 atom stereocenters. The third-order valence-corrected chi connectivity index (χ3v) is 2.19. The molecule has 0 aliphatic heterocycles. The molecule has 74 valence electrons. The second kappa shape index (κ2) is 4.39. The molecule has 0 heterocycles. The molecule has 1 rings (SSSR count). The van der Waals surface area contributed by atoms with Crippen LogP contribution in [0.25, 0.3) is 0 Å². The van der Waals surface area contributed by atoms with Gasteiger partial charge in [-0.25, -0.2) is 0 Å². The molecule has 0 aromatic carbocycles. The van der Waals surface area contributed by atoms with E-state index < -0.39 is 12.2 Å². The number of hydrogen-bond acceptors (Lipinski definition) is 3. The molecular formula is C9H15NO3. The molecule has 1 aliphatic carbocycles. The quantitative estimate of drug-likeness (QED) is 0.511. The van der Waals surface area contributed by atoms with Crippen LogP contribution in [0.3, 0.4) is 0 Å². The van der Waals surface area contributed by atoms with Crippen molar-refractivity contribution in [3.8, 4) is 0 Å². The standard InChI is InChI=1S/C9H15NO3/c1-2-9(13)10-6-3-7(11)5-8(12)4-6/h2,6-8,11-12H,1,3-5H2,(H,10,13). The SMILES string of the molecule is C=CC(=O)NC1CC(O)CC(O)C1. The van der Waals surface area contributed by atoms with E-state index in [1.807, 2.05) is 0 Å². The van der Waals surface area contributed by atoms with Crippen molar-refractivity contribution in [2.45, 2.75) is 37.5 Å². The fourth-order valence-electron chi connectivity index (χ4n) is 1.64. The first-order valence-electron chi connectivity index (χ1n) is 4.41. The van der Waals surface area contributed by atoms with Crippen LogP contribution in [0.2, 0.25) is 0 Å². The topological polar surface area (TPSA) is 69.6 Å². The van der Waals surface area contributed by atoms with Gasteiger partial charge in [0.15, 0.2) is 0 Å². The Kier molecular flexibility index (Phi) is 3.45. The van der Waals surface area contributed by atoms with E-state index >= 15 is 0 Å². The van der Waals surface area contributed by atoms with Gasteiger partial charge in [0, 0.05) is 6.04 Å². The minimum absolute atomic E-state index is 0.135. The van der Waals surface area contributed by atoms with Crippen LogP contribution in [-0.4, -0.2) is 34.4 Å². The first-order valence-corrected chi connectivity index (χ1v) is 4.41.